The quantitative estimate of drug-likeness (QED) is 0.575. The Morgan fingerprint density at radius 3 is 1.06 bits per heavy atom. The van der Waals surface area contributed by atoms with E-state index in [0.717, 1.165) is 13.8 Å². The van der Waals surface area contributed by atoms with E-state index < -0.39 is 20.5 Å². The minimum atomic E-state index is -1.65. The molecule has 0 unspecified atom stereocenters. The van der Waals surface area contributed by atoms with Crippen LogP contribution >= 0.6 is 0 Å². The first-order valence-corrected chi connectivity index (χ1v) is 6.86. The van der Waals surface area contributed by atoms with Crippen molar-refractivity contribution < 1.29 is 48.1 Å². The number of aliphatic carboxylic acids is 2. The topological polar surface area (TPSA) is 98.7 Å². The predicted molar refractivity (Wildman–Crippen MR) is 52.9 cm³/mol. The Morgan fingerprint density at radius 2 is 1.06 bits per heavy atom. The number of carboxylic acids is 2. The Bertz CT molecular complexity index is 159. The van der Waals surface area contributed by atoms with E-state index in [9.17, 15) is 0 Å². The normalized spacial score (nSPS) is 8.38. The van der Waals surface area contributed by atoms with E-state index in [1.807, 2.05) is 13.1 Å². The van der Waals surface area contributed by atoms with Crippen molar-refractivity contribution in [2.24, 2.45) is 0 Å². The smallest absolute Gasteiger partial charge is 0.550 e. The van der Waals surface area contributed by atoms with Crippen LogP contribution in [0.1, 0.15) is 13.8 Å². The SMILES string of the molecule is CC(=O)[O-].CC(=O)[O-].CO[Si](C)(C)OC.[Zn+2]. The van der Waals surface area contributed by atoms with Crippen molar-refractivity contribution in [2.75, 3.05) is 14.2 Å². The van der Waals surface area contributed by atoms with Gasteiger partial charge < -0.3 is 28.7 Å². The maximum Gasteiger partial charge on any atom is 2.00 e. The number of carboxylic acid groups (broad SMARTS) is 2. The molecule has 0 rings (SSSR count). The van der Waals surface area contributed by atoms with Gasteiger partial charge in [0.15, 0.2) is 0 Å². The molecule has 16 heavy (non-hydrogen) atoms. The first-order chi connectivity index (χ1) is 6.59. The molecule has 0 saturated heterocycles. The summed E-state index contributed by atoms with van der Waals surface area (Å²) in [6.45, 7) is 5.93. The molecule has 0 atom stereocenters. The van der Waals surface area contributed by atoms with Gasteiger partial charge >= 0.3 is 28.0 Å². The fraction of sp³-hybridized carbons (Fsp3) is 0.750. The largest absolute Gasteiger partial charge is 2.00 e. The summed E-state index contributed by atoms with van der Waals surface area (Å²) in [4.78, 5) is 17.8. The summed E-state index contributed by atoms with van der Waals surface area (Å²) in [7, 11) is 1.70. The van der Waals surface area contributed by atoms with Crippen molar-refractivity contribution in [1.29, 1.82) is 0 Å². The molecule has 0 fully saturated rings. The molecule has 0 radical (unpaired) electrons. The summed E-state index contributed by atoms with van der Waals surface area (Å²) in [5, 5.41) is 17.8. The molecule has 0 aromatic carbocycles. The van der Waals surface area contributed by atoms with Gasteiger partial charge in [-0.1, -0.05) is 0 Å². The van der Waals surface area contributed by atoms with Crippen molar-refractivity contribution in [2.45, 2.75) is 26.9 Å². The maximum absolute atomic E-state index is 8.89. The molecule has 92 valence electrons. The van der Waals surface area contributed by atoms with Crippen molar-refractivity contribution in [1.82, 2.24) is 0 Å². The summed E-state index contributed by atoms with van der Waals surface area (Å²) >= 11 is 0. The minimum Gasteiger partial charge on any atom is -0.550 e. The van der Waals surface area contributed by atoms with Crippen LogP contribution in [0.25, 0.3) is 0 Å². The van der Waals surface area contributed by atoms with Crippen LogP contribution in [0.3, 0.4) is 0 Å². The second kappa shape index (κ2) is 14.7. The van der Waals surface area contributed by atoms with Gasteiger partial charge in [0.05, 0.1) is 0 Å². The molecule has 0 aliphatic heterocycles. The molecule has 0 spiro atoms. The molecular weight excluding hydrogens is 286 g/mol. The first kappa shape index (κ1) is 24.8. The Hall–Kier alpha value is -0.300. The van der Waals surface area contributed by atoms with Crippen LogP contribution in [0.2, 0.25) is 13.1 Å². The molecular formula is C8H18O6SiZn. The van der Waals surface area contributed by atoms with Gasteiger partial charge in [-0.2, -0.15) is 0 Å². The number of hydrogen-bond donors (Lipinski definition) is 0. The van der Waals surface area contributed by atoms with Gasteiger partial charge in [0.1, 0.15) is 0 Å². The average Bonchev–Trinajstić information content (AvgIpc) is 2.02. The zero-order valence-electron chi connectivity index (χ0n) is 10.7. The molecule has 0 aliphatic rings. The van der Waals surface area contributed by atoms with Crippen LogP contribution in [0.4, 0.5) is 0 Å². The van der Waals surface area contributed by atoms with E-state index in [1.165, 1.54) is 0 Å². The fourth-order valence-electron chi connectivity index (χ4n) is 0.0833. The standard InChI is InChI=1S/C4H12O2Si.2C2H4O2.Zn/c1-5-7(3,4)6-2;2*1-2(3)4;/h1-4H3;2*1H3,(H,3,4);/q;;;+2/p-2. The van der Waals surface area contributed by atoms with Crippen LogP contribution in [0.15, 0.2) is 0 Å². The Morgan fingerprint density at radius 1 is 0.938 bits per heavy atom. The summed E-state index contributed by atoms with van der Waals surface area (Å²) in [6.07, 6.45) is 0. The molecule has 0 aromatic heterocycles. The van der Waals surface area contributed by atoms with Crippen molar-refractivity contribution in [3.8, 4) is 0 Å². The molecule has 0 saturated carbocycles. The summed E-state index contributed by atoms with van der Waals surface area (Å²) in [6, 6.07) is 0. The molecule has 6 nitrogen and oxygen atoms in total. The van der Waals surface area contributed by atoms with Gasteiger partial charge in [0.25, 0.3) is 0 Å². The van der Waals surface area contributed by atoms with Crippen molar-refractivity contribution >= 4 is 20.5 Å². The monoisotopic (exact) mass is 302 g/mol. The molecule has 0 N–H and O–H groups in total. The average molecular weight is 304 g/mol. The van der Waals surface area contributed by atoms with Crippen LogP contribution in [0.5, 0.6) is 0 Å². The van der Waals surface area contributed by atoms with Crippen molar-refractivity contribution in [3.63, 3.8) is 0 Å². The van der Waals surface area contributed by atoms with E-state index >= 15 is 0 Å². The minimum absolute atomic E-state index is 0. The number of carbonyl (C=O) groups is 2. The van der Waals surface area contributed by atoms with Crippen LogP contribution in [-0.2, 0) is 37.9 Å². The number of hydrogen-bond acceptors (Lipinski definition) is 6. The van der Waals surface area contributed by atoms with Gasteiger partial charge in [-0.25, -0.2) is 0 Å². The molecule has 0 aromatic rings. The third kappa shape index (κ3) is 68.0. The van der Waals surface area contributed by atoms with Gasteiger partial charge in [0.2, 0.25) is 0 Å². The van der Waals surface area contributed by atoms with E-state index in [2.05, 4.69) is 0 Å². The van der Waals surface area contributed by atoms with Gasteiger partial charge in [-0.05, 0) is 26.9 Å². The van der Waals surface area contributed by atoms with E-state index in [0.29, 0.717) is 0 Å². The molecule has 0 amide bonds. The Kier molecular flexibility index (Phi) is 22.8. The van der Waals surface area contributed by atoms with Gasteiger partial charge in [-0.3, -0.25) is 0 Å². The maximum atomic E-state index is 8.89. The van der Waals surface area contributed by atoms with Crippen LogP contribution in [-0.4, -0.2) is 34.7 Å². The summed E-state index contributed by atoms with van der Waals surface area (Å²) in [5.41, 5.74) is 0. The summed E-state index contributed by atoms with van der Waals surface area (Å²) in [5.74, 6) is -2.17. The molecule has 0 aliphatic carbocycles. The fourth-order valence-corrected chi connectivity index (χ4v) is 0.250. The molecule has 0 bridgehead atoms. The molecule has 8 heteroatoms. The Labute approximate surface area is 110 Å². The zero-order valence-corrected chi connectivity index (χ0v) is 14.6. The predicted octanol–water partition coefficient (Wildman–Crippen LogP) is -1.51. The molecule has 0 heterocycles. The number of carbonyl (C=O) groups excluding carboxylic acids is 2. The Balaban J connectivity index is -0.0000000700. The zero-order chi connectivity index (χ0) is 13.1. The van der Waals surface area contributed by atoms with Gasteiger partial charge in [0, 0.05) is 26.2 Å². The van der Waals surface area contributed by atoms with E-state index in [-0.39, 0.29) is 19.5 Å². The second-order valence-corrected chi connectivity index (χ2v) is 6.41. The third-order valence-electron chi connectivity index (χ3n) is 0.983. The van der Waals surface area contributed by atoms with E-state index in [1.54, 1.807) is 14.2 Å². The van der Waals surface area contributed by atoms with Crippen molar-refractivity contribution in [3.05, 3.63) is 0 Å². The summed E-state index contributed by atoms with van der Waals surface area (Å²) < 4.78 is 10.0. The van der Waals surface area contributed by atoms with Crippen LogP contribution < -0.4 is 10.2 Å². The van der Waals surface area contributed by atoms with E-state index in [4.69, 9.17) is 28.7 Å². The third-order valence-corrected chi connectivity index (χ3v) is 2.95. The second-order valence-electron chi connectivity index (χ2n) is 2.79. The van der Waals surface area contributed by atoms with Gasteiger partial charge in [-0.15, -0.1) is 0 Å². The van der Waals surface area contributed by atoms with Crippen LogP contribution in [0, 0.1) is 0 Å². The number of rotatable bonds is 2. The first-order valence-electron chi connectivity index (χ1n) is 4.04.